The van der Waals surface area contributed by atoms with E-state index in [9.17, 15) is 10.5 Å². The summed E-state index contributed by atoms with van der Waals surface area (Å²) in [7, 11) is 0. The van der Waals surface area contributed by atoms with Gasteiger partial charge in [-0.05, 0) is 65.2 Å². The van der Waals surface area contributed by atoms with Gasteiger partial charge in [0.1, 0.15) is 17.2 Å². The predicted molar refractivity (Wildman–Crippen MR) is 172 cm³/mol. The van der Waals surface area contributed by atoms with Gasteiger partial charge in [0.25, 0.3) is 0 Å². The molecule has 0 spiro atoms. The summed E-state index contributed by atoms with van der Waals surface area (Å²) in [5.41, 5.74) is 7.92. The summed E-state index contributed by atoms with van der Waals surface area (Å²) in [6.45, 7) is 0. The van der Waals surface area contributed by atoms with E-state index < -0.39 is 0 Å². The van der Waals surface area contributed by atoms with Crippen molar-refractivity contribution in [2.75, 3.05) is 0 Å². The lowest BCUT2D eigenvalue weighted by atomic mass is 9.86. The summed E-state index contributed by atoms with van der Waals surface area (Å²) in [5, 5.41) is 25.1. The van der Waals surface area contributed by atoms with Crippen LogP contribution >= 0.6 is 11.3 Å². The predicted octanol–water partition coefficient (Wildman–Crippen LogP) is 10.7. The molecule has 0 atom stereocenters. The van der Waals surface area contributed by atoms with Gasteiger partial charge in [-0.3, -0.25) is 0 Å². The normalized spacial score (nSPS) is 11.3. The van der Waals surface area contributed by atoms with Crippen molar-refractivity contribution in [1.29, 1.82) is 10.5 Å². The topological polar surface area (TPSA) is 60.7 Å². The van der Waals surface area contributed by atoms with Gasteiger partial charge in [-0.15, -0.1) is 11.3 Å². The fourth-order valence-corrected chi connectivity index (χ4v) is 7.21. The van der Waals surface area contributed by atoms with E-state index in [0.717, 1.165) is 55.3 Å². The summed E-state index contributed by atoms with van der Waals surface area (Å²) in [6.07, 6.45) is 0. The Morgan fingerprint density at radius 3 is 2.10 bits per heavy atom. The highest BCUT2D eigenvalue weighted by molar-refractivity contribution is 7.25. The average molecular weight is 553 g/mol. The maximum atomic E-state index is 10.6. The van der Waals surface area contributed by atoms with Crippen LogP contribution in [-0.4, -0.2) is 0 Å². The van der Waals surface area contributed by atoms with Gasteiger partial charge < -0.3 is 4.42 Å². The Labute approximate surface area is 245 Å². The molecule has 0 aliphatic heterocycles. The van der Waals surface area contributed by atoms with Gasteiger partial charge in [0.15, 0.2) is 0 Å². The van der Waals surface area contributed by atoms with Crippen molar-refractivity contribution >= 4 is 53.4 Å². The Kier molecular flexibility index (Phi) is 5.44. The van der Waals surface area contributed by atoms with E-state index in [4.69, 9.17) is 4.42 Å². The van der Waals surface area contributed by atoms with Crippen LogP contribution < -0.4 is 0 Å². The van der Waals surface area contributed by atoms with E-state index in [-0.39, 0.29) is 0 Å². The smallest absolute Gasteiger partial charge is 0.136 e. The van der Waals surface area contributed by atoms with Crippen molar-refractivity contribution in [3.05, 3.63) is 132 Å². The molecule has 6 aromatic carbocycles. The molecule has 0 amide bonds. The van der Waals surface area contributed by atoms with Crippen molar-refractivity contribution in [3.8, 4) is 45.5 Å². The van der Waals surface area contributed by atoms with Gasteiger partial charge in [-0.25, -0.2) is 0 Å². The summed E-state index contributed by atoms with van der Waals surface area (Å²) in [4.78, 5) is 0. The minimum Gasteiger partial charge on any atom is -0.456 e. The second-order valence-electron chi connectivity index (χ2n) is 10.3. The van der Waals surface area contributed by atoms with Crippen LogP contribution in [-0.2, 0) is 0 Å². The van der Waals surface area contributed by atoms with Crippen LogP contribution in [0.4, 0.5) is 0 Å². The van der Waals surface area contributed by atoms with Crippen molar-refractivity contribution in [1.82, 2.24) is 0 Å². The summed E-state index contributed by atoms with van der Waals surface area (Å²) in [5.74, 6) is 0. The van der Waals surface area contributed by atoms with Crippen LogP contribution in [0.25, 0.3) is 75.5 Å². The van der Waals surface area contributed by atoms with Gasteiger partial charge in [-0.1, -0.05) is 72.8 Å². The Balaban J connectivity index is 1.46. The summed E-state index contributed by atoms with van der Waals surface area (Å²) in [6, 6.07) is 45.5. The molecule has 0 unspecified atom stereocenters. The van der Waals surface area contributed by atoms with Gasteiger partial charge in [-0.2, -0.15) is 10.5 Å². The molecule has 4 heteroatoms. The molecule has 2 aromatic heterocycles. The molecule has 0 fully saturated rings. The highest BCUT2D eigenvalue weighted by Crippen LogP contribution is 2.44. The molecule has 3 nitrogen and oxygen atoms in total. The molecule has 0 radical (unpaired) electrons. The average Bonchev–Trinajstić information content (AvgIpc) is 3.62. The summed E-state index contributed by atoms with van der Waals surface area (Å²) < 4.78 is 8.67. The van der Waals surface area contributed by atoms with E-state index >= 15 is 0 Å². The lowest BCUT2D eigenvalue weighted by Gasteiger charge is -2.16. The molecule has 8 rings (SSSR count). The van der Waals surface area contributed by atoms with Gasteiger partial charge in [0.2, 0.25) is 0 Å². The first-order valence-corrected chi connectivity index (χ1v) is 14.4. The highest BCUT2D eigenvalue weighted by atomic mass is 32.1. The zero-order chi connectivity index (χ0) is 28.2. The molecule has 0 aliphatic carbocycles. The monoisotopic (exact) mass is 552 g/mol. The minimum atomic E-state index is 0.527. The second-order valence-corrected chi connectivity index (χ2v) is 11.4. The van der Waals surface area contributed by atoms with E-state index in [1.807, 2.05) is 42.5 Å². The van der Waals surface area contributed by atoms with Gasteiger partial charge in [0, 0.05) is 47.6 Å². The number of furan rings is 1. The zero-order valence-electron chi connectivity index (χ0n) is 22.3. The number of hydrogen-bond acceptors (Lipinski definition) is 4. The molecule has 0 aliphatic rings. The van der Waals surface area contributed by atoms with Crippen molar-refractivity contribution in [3.63, 3.8) is 0 Å². The van der Waals surface area contributed by atoms with E-state index in [1.54, 1.807) is 17.4 Å². The fourth-order valence-electron chi connectivity index (χ4n) is 6.08. The number of benzene rings is 6. The van der Waals surface area contributed by atoms with Crippen molar-refractivity contribution in [2.45, 2.75) is 0 Å². The molecule has 0 bridgehead atoms. The SMILES string of the molecule is N#Cc1ccccc1-c1cc(-c2cccc3sc4ccccc4c23)cc(-c2ccc3c(c2)oc2ccccc23)c1C#N. The van der Waals surface area contributed by atoms with Crippen LogP contribution in [0.1, 0.15) is 11.1 Å². The molecule has 0 saturated carbocycles. The minimum absolute atomic E-state index is 0.527. The van der Waals surface area contributed by atoms with Gasteiger partial charge in [0.05, 0.1) is 17.2 Å². The number of nitrogens with zero attached hydrogens (tertiary/aromatic N) is 2. The number of rotatable bonds is 3. The Morgan fingerprint density at radius 2 is 1.21 bits per heavy atom. The van der Waals surface area contributed by atoms with E-state index in [2.05, 4.69) is 84.9 Å². The Bertz CT molecular complexity index is 2450. The molecule has 194 valence electrons. The highest BCUT2D eigenvalue weighted by Gasteiger charge is 2.20. The van der Waals surface area contributed by atoms with Crippen molar-refractivity contribution in [2.24, 2.45) is 0 Å². The van der Waals surface area contributed by atoms with E-state index in [1.165, 1.54) is 20.2 Å². The van der Waals surface area contributed by atoms with E-state index in [0.29, 0.717) is 11.1 Å². The molecule has 0 saturated heterocycles. The first kappa shape index (κ1) is 24.1. The largest absolute Gasteiger partial charge is 0.456 e. The maximum absolute atomic E-state index is 10.6. The Morgan fingerprint density at radius 1 is 0.500 bits per heavy atom. The molecular weight excluding hydrogens is 532 g/mol. The maximum Gasteiger partial charge on any atom is 0.136 e. The molecule has 0 N–H and O–H groups in total. The lowest BCUT2D eigenvalue weighted by molar-refractivity contribution is 0.669. The number of fused-ring (bicyclic) bond motifs is 6. The number of thiophene rings is 1. The molecule has 2 heterocycles. The lowest BCUT2D eigenvalue weighted by Crippen LogP contribution is -1.95. The van der Waals surface area contributed by atoms with Crippen molar-refractivity contribution < 1.29 is 4.42 Å². The number of nitriles is 2. The van der Waals surface area contributed by atoms with Crippen LogP contribution in [0.15, 0.2) is 126 Å². The van der Waals surface area contributed by atoms with Crippen LogP contribution in [0, 0.1) is 22.7 Å². The number of hydrogen-bond donors (Lipinski definition) is 0. The third-order valence-corrected chi connectivity index (χ3v) is 9.13. The second kappa shape index (κ2) is 9.46. The Hall–Kier alpha value is -5.68. The zero-order valence-corrected chi connectivity index (χ0v) is 23.1. The third kappa shape index (κ3) is 3.64. The first-order chi connectivity index (χ1) is 20.7. The third-order valence-electron chi connectivity index (χ3n) is 7.99. The van der Waals surface area contributed by atoms with Gasteiger partial charge >= 0.3 is 0 Å². The first-order valence-electron chi connectivity index (χ1n) is 13.6. The molecular formula is C38H20N2OS. The quantitative estimate of drug-likeness (QED) is 0.219. The van der Waals surface area contributed by atoms with Crippen LogP contribution in [0.3, 0.4) is 0 Å². The number of para-hydroxylation sites is 1. The standard InChI is InChI=1S/C38H20N2OS/c39-21-24-8-1-2-9-26(24)32-19-25(27-12-7-15-37-38(27)30-11-4-6-14-36(30)42-37)18-31(33(32)22-40)23-16-17-29-28-10-3-5-13-34(28)41-35(29)20-23/h1-20H. The van der Waals surface area contributed by atoms with Crippen LogP contribution in [0.5, 0.6) is 0 Å². The van der Waals surface area contributed by atoms with Crippen LogP contribution in [0.2, 0.25) is 0 Å². The summed E-state index contributed by atoms with van der Waals surface area (Å²) >= 11 is 1.78. The molecule has 8 aromatic rings. The fraction of sp³-hybridized carbons (Fsp3) is 0. The molecule has 42 heavy (non-hydrogen) atoms.